The number of rotatable bonds is 7. The maximum Gasteiger partial charge on any atom is 0.0301 e. The molecule has 2 nitrogen and oxygen atoms in total. The Labute approximate surface area is 95.2 Å². The highest BCUT2D eigenvalue weighted by molar-refractivity contribution is 4.88. The first-order valence-electron chi connectivity index (χ1n) is 6.61. The van der Waals surface area contributed by atoms with Crippen LogP contribution < -0.4 is 5.73 Å². The van der Waals surface area contributed by atoms with Crippen LogP contribution in [0.2, 0.25) is 0 Å². The van der Waals surface area contributed by atoms with Crippen molar-refractivity contribution in [3.63, 3.8) is 0 Å². The minimum Gasteiger partial charge on any atom is -0.329 e. The molecule has 1 unspecified atom stereocenters. The van der Waals surface area contributed by atoms with Crippen molar-refractivity contribution in [3.8, 4) is 0 Å². The average molecular weight is 212 g/mol. The molecule has 1 atom stereocenters. The van der Waals surface area contributed by atoms with Gasteiger partial charge in [0.05, 0.1) is 0 Å². The minimum absolute atomic E-state index is 0.228. The maximum atomic E-state index is 5.94. The van der Waals surface area contributed by atoms with Crippen molar-refractivity contribution in [2.45, 2.75) is 58.4 Å². The fourth-order valence-electron chi connectivity index (χ4n) is 2.34. The van der Waals surface area contributed by atoms with E-state index in [0.29, 0.717) is 0 Å². The summed E-state index contributed by atoms with van der Waals surface area (Å²) in [7, 11) is 0. The summed E-state index contributed by atoms with van der Waals surface area (Å²) in [5, 5.41) is 0. The normalized spacial score (nSPS) is 21.4. The summed E-state index contributed by atoms with van der Waals surface area (Å²) in [6, 6.07) is 0. The Morgan fingerprint density at radius 1 is 1.33 bits per heavy atom. The van der Waals surface area contributed by atoms with Gasteiger partial charge < -0.3 is 5.73 Å². The lowest BCUT2D eigenvalue weighted by atomic mass is 9.83. The Hall–Kier alpha value is -0.0800. The molecule has 2 N–H and O–H groups in total. The minimum atomic E-state index is 0.228. The van der Waals surface area contributed by atoms with Crippen LogP contribution in [0.15, 0.2) is 0 Å². The average Bonchev–Trinajstić information content (AvgIpc) is 2.20. The van der Waals surface area contributed by atoms with E-state index in [0.717, 1.165) is 18.9 Å². The van der Waals surface area contributed by atoms with Crippen LogP contribution in [-0.4, -0.2) is 30.1 Å². The highest BCUT2D eigenvalue weighted by Crippen LogP contribution is 2.30. The van der Waals surface area contributed by atoms with Gasteiger partial charge in [-0.1, -0.05) is 20.3 Å². The van der Waals surface area contributed by atoms with Gasteiger partial charge >= 0.3 is 0 Å². The molecule has 1 saturated carbocycles. The zero-order chi connectivity index (χ0) is 11.3. The van der Waals surface area contributed by atoms with Gasteiger partial charge in [-0.2, -0.15) is 0 Å². The quantitative estimate of drug-likeness (QED) is 0.703. The van der Waals surface area contributed by atoms with Crippen LogP contribution in [-0.2, 0) is 0 Å². The van der Waals surface area contributed by atoms with Gasteiger partial charge in [-0.3, -0.25) is 4.90 Å². The van der Waals surface area contributed by atoms with Crippen LogP contribution in [0.4, 0.5) is 0 Å². The molecule has 1 aliphatic carbocycles. The van der Waals surface area contributed by atoms with Gasteiger partial charge in [-0.25, -0.2) is 0 Å². The summed E-state index contributed by atoms with van der Waals surface area (Å²) in [5.74, 6) is 0.953. The molecule has 90 valence electrons. The molecule has 0 saturated heterocycles. The Bertz CT molecular complexity index is 171. The third-order valence-corrected chi connectivity index (χ3v) is 4.16. The topological polar surface area (TPSA) is 29.3 Å². The van der Waals surface area contributed by atoms with Gasteiger partial charge in [0.1, 0.15) is 0 Å². The van der Waals surface area contributed by atoms with Crippen molar-refractivity contribution >= 4 is 0 Å². The lowest BCUT2D eigenvalue weighted by Crippen LogP contribution is -2.53. The molecular weight excluding hydrogens is 184 g/mol. The lowest BCUT2D eigenvalue weighted by molar-refractivity contribution is 0.0675. The van der Waals surface area contributed by atoms with Crippen LogP contribution in [0, 0.1) is 5.92 Å². The summed E-state index contributed by atoms with van der Waals surface area (Å²) < 4.78 is 0. The second-order valence-electron chi connectivity index (χ2n) is 5.30. The summed E-state index contributed by atoms with van der Waals surface area (Å²) >= 11 is 0. The smallest absolute Gasteiger partial charge is 0.0301 e. The number of hydrogen-bond donors (Lipinski definition) is 1. The fourth-order valence-corrected chi connectivity index (χ4v) is 2.34. The molecule has 2 heteroatoms. The van der Waals surface area contributed by atoms with Crippen LogP contribution in [0.5, 0.6) is 0 Å². The Balaban J connectivity index is 2.53. The molecule has 1 fully saturated rings. The van der Waals surface area contributed by atoms with Gasteiger partial charge in [0.15, 0.2) is 0 Å². The Morgan fingerprint density at radius 3 is 2.33 bits per heavy atom. The van der Waals surface area contributed by atoms with E-state index >= 15 is 0 Å². The second kappa shape index (κ2) is 5.86. The first-order chi connectivity index (χ1) is 7.16. The Morgan fingerprint density at radius 2 is 2.00 bits per heavy atom. The van der Waals surface area contributed by atoms with Crippen LogP contribution in [0.25, 0.3) is 0 Å². The van der Waals surface area contributed by atoms with E-state index in [-0.39, 0.29) is 5.54 Å². The van der Waals surface area contributed by atoms with Crippen LogP contribution >= 0.6 is 0 Å². The summed E-state index contributed by atoms with van der Waals surface area (Å²) in [5.41, 5.74) is 6.17. The maximum absolute atomic E-state index is 5.94. The highest BCUT2D eigenvalue weighted by Gasteiger charge is 2.31. The second-order valence-corrected chi connectivity index (χ2v) is 5.30. The molecule has 0 spiro atoms. The van der Waals surface area contributed by atoms with Crippen LogP contribution in [0.1, 0.15) is 52.9 Å². The van der Waals surface area contributed by atoms with Crippen molar-refractivity contribution in [2.75, 3.05) is 19.6 Å². The molecule has 0 heterocycles. The van der Waals surface area contributed by atoms with E-state index in [9.17, 15) is 0 Å². The standard InChI is InChI=1S/C13H28N2/c1-4-9-15(10-12-7-6-8-12)13(3,5-2)11-14/h12H,4-11,14H2,1-3H3. The van der Waals surface area contributed by atoms with Crippen molar-refractivity contribution < 1.29 is 0 Å². The fraction of sp³-hybridized carbons (Fsp3) is 1.00. The van der Waals surface area contributed by atoms with Crippen molar-refractivity contribution in [2.24, 2.45) is 11.7 Å². The monoisotopic (exact) mass is 212 g/mol. The zero-order valence-electron chi connectivity index (χ0n) is 10.8. The molecule has 0 aromatic heterocycles. The molecule has 0 bridgehead atoms. The van der Waals surface area contributed by atoms with Crippen LogP contribution in [0.3, 0.4) is 0 Å². The number of nitrogens with zero attached hydrogens (tertiary/aromatic N) is 1. The third kappa shape index (κ3) is 3.18. The van der Waals surface area contributed by atoms with Gasteiger partial charge in [-0.15, -0.1) is 0 Å². The number of hydrogen-bond acceptors (Lipinski definition) is 2. The van der Waals surface area contributed by atoms with E-state index in [4.69, 9.17) is 5.73 Å². The Kier molecular flexibility index (Phi) is 5.07. The predicted octanol–water partition coefficient (Wildman–Crippen LogP) is 2.63. The molecular formula is C13H28N2. The van der Waals surface area contributed by atoms with Gasteiger partial charge in [0, 0.05) is 18.6 Å². The van der Waals surface area contributed by atoms with E-state index in [1.165, 1.54) is 38.8 Å². The first kappa shape index (κ1) is 13.0. The van der Waals surface area contributed by atoms with E-state index in [2.05, 4.69) is 25.7 Å². The molecule has 1 aliphatic rings. The molecule has 0 aromatic rings. The van der Waals surface area contributed by atoms with Gasteiger partial charge in [0.25, 0.3) is 0 Å². The zero-order valence-corrected chi connectivity index (χ0v) is 10.8. The summed E-state index contributed by atoms with van der Waals surface area (Å²) in [4.78, 5) is 2.64. The molecule has 0 aromatic carbocycles. The van der Waals surface area contributed by atoms with Gasteiger partial charge in [0.2, 0.25) is 0 Å². The molecule has 0 amide bonds. The van der Waals surface area contributed by atoms with E-state index in [1.54, 1.807) is 0 Å². The molecule has 1 rings (SSSR count). The van der Waals surface area contributed by atoms with Crippen molar-refractivity contribution in [1.82, 2.24) is 4.90 Å². The van der Waals surface area contributed by atoms with E-state index in [1.807, 2.05) is 0 Å². The van der Waals surface area contributed by atoms with Crippen molar-refractivity contribution in [1.29, 1.82) is 0 Å². The summed E-state index contributed by atoms with van der Waals surface area (Å²) in [6.45, 7) is 10.1. The third-order valence-electron chi connectivity index (χ3n) is 4.16. The van der Waals surface area contributed by atoms with Gasteiger partial charge in [-0.05, 0) is 45.1 Å². The summed E-state index contributed by atoms with van der Waals surface area (Å²) in [6.07, 6.45) is 6.71. The predicted molar refractivity (Wildman–Crippen MR) is 67.0 cm³/mol. The molecule has 15 heavy (non-hydrogen) atoms. The number of nitrogens with two attached hydrogens (primary N) is 1. The first-order valence-corrected chi connectivity index (χ1v) is 6.61. The SMILES string of the molecule is CCCN(CC1CCC1)C(C)(CC)CN. The lowest BCUT2D eigenvalue weighted by Gasteiger charge is -2.43. The highest BCUT2D eigenvalue weighted by atomic mass is 15.2. The molecule has 0 aliphatic heterocycles. The van der Waals surface area contributed by atoms with E-state index < -0.39 is 0 Å². The van der Waals surface area contributed by atoms with Crippen molar-refractivity contribution in [3.05, 3.63) is 0 Å². The molecule has 0 radical (unpaired) electrons. The largest absolute Gasteiger partial charge is 0.329 e.